The molecule has 3 aromatic carbocycles. The van der Waals surface area contributed by atoms with Crippen LogP contribution in [0.15, 0.2) is 73.1 Å². The number of aromatic amines is 1. The van der Waals surface area contributed by atoms with E-state index in [0.29, 0.717) is 11.3 Å². The third kappa shape index (κ3) is 2.86. The molecule has 0 aliphatic rings. The molecule has 0 unspecified atom stereocenters. The van der Waals surface area contributed by atoms with E-state index in [1.807, 2.05) is 42.5 Å². The predicted molar refractivity (Wildman–Crippen MR) is 92.3 cm³/mol. The Morgan fingerprint density at radius 3 is 2.71 bits per heavy atom. The van der Waals surface area contributed by atoms with Crippen LogP contribution in [-0.4, -0.2) is 9.97 Å². The van der Waals surface area contributed by atoms with Gasteiger partial charge in [-0.2, -0.15) is 0 Å². The molecule has 4 rings (SSSR count). The number of benzene rings is 3. The molecule has 0 aliphatic carbocycles. The summed E-state index contributed by atoms with van der Waals surface area (Å²) in [6, 6.07) is 20.5. The predicted octanol–water partition coefficient (Wildman–Crippen LogP) is 4.95. The Morgan fingerprint density at radius 1 is 0.917 bits per heavy atom. The summed E-state index contributed by atoms with van der Waals surface area (Å²) in [5.74, 6) is 0.454. The van der Waals surface area contributed by atoms with Gasteiger partial charge in [0.2, 0.25) is 0 Å². The van der Waals surface area contributed by atoms with Crippen molar-refractivity contribution >= 4 is 11.0 Å². The Bertz CT molecular complexity index is 994. The minimum atomic E-state index is -0.252. The van der Waals surface area contributed by atoms with Crippen LogP contribution in [0.4, 0.5) is 4.39 Å². The smallest absolute Gasteiger partial charge is 0.129 e. The number of hydrogen-bond donors (Lipinski definition) is 1. The van der Waals surface area contributed by atoms with Gasteiger partial charge in [-0.3, -0.25) is 0 Å². The van der Waals surface area contributed by atoms with Gasteiger partial charge in [0.05, 0.1) is 17.4 Å². The number of halogens is 1. The summed E-state index contributed by atoms with van der Waals surface area (Å²) in [5, 5.41) is 0. The molecule has 3 nitrogen and oxygen atoms in total. The number of nitrogens with zero attached hydrogens (tertiary/aromatic N) is 1. The first kappa shape index (κ1) is 14.5. The van der Waals surface area contributed by atoms with Crippen LogP contribution >= 0.6 is 0 Å². The number of hydrogen-bond acceptors (Lipinski definition) is 2. The molecule has 0 atom stereocenters. The quantitative estimate of drug-likeness (QED) is 0.578. The van der Waals surface area contributed by atoms with Gasteiger partial charge in [-0.05, 0) is 41.5 Å². The second kappa shape index (κ2) is 6.16. The van der Waals surface area contributed by atoms with Crippen molar-refractivity contribution in [1.29, 1.82) is 0 Å². The highest BCUT2D eigenvalue weighted by atomic mass is 19.1. The summed E-state index contributed by atoms with van der Waals surface area (Å²) in [7, 11) is 0. The van der Waals surface area contributed by atoms with Gasteiger partial charge in [0.1, 0.15) is 18.2 Å². The molecule has 1 N–H and O–H groups in total. The lowest BCUT2D eigenvalue weighted by atomic mass is 10.0. The Morgan fingerprint density at radius 2 is 1.79 bits per heavy atom. The van der Waals surface area contributed by atoms with Gasteiger partial charge in [-0.25, -0.2) is 9.37 Å². The fourth-order valence-electron chi connectivity index (χ4n) is 2.65. The zero-order chi connectivity index (χ0) is 16.4. The van der Waals surface area contributed by atoms with Gasteiger partial charge in [0.25, 0.3) is 0 Å². The summed E-state index contributed by atoms with van der Waals surface area (Å²) < 4.78 is 19.4. The van der Waals surface area contributed by atoms with Gasteiger partial charge < -0.3 is 9.72 Å². The van der Waals surface area contributed by atoms with E-state index in [1.54, 1.807) is 24.5 Å². The van der Waals surface area contributed by atoms with Crippen LogP contribution in [0.25, 0.3) is 22.2 Å². The lowest BCUT2D eigenvalue weighted by Gasteiger charge is -2.09. The topological polar surface area (TPSA) is 37.9 Å². The minimum Gasteiger partial charge on any atom is -0.489 e. The second-order valence-corrected chi connectivity index (χ2v) is 5.54. The summed E-state index contributed by atoms with van der Waals surface area (Å²) in [5.41, 5.74) is 4.56. The fraction of sp³-hybridized carbons (Fsp3) is 0.0500. The molecular weight excluding hydrogens is 303 g/mol. The normalized spacial score (nSPS) is 10.9. The molecule has 0 bridgehead atoms. The highest BCUT2D eigenvalue weighted by molar-refractivity contribution is 5.81. The largest absolute Gasteiger partial charge is 0.489 e. The highest BCUT2D eigenvalue weighted by Gasteiger charge is 2.05. The Balaban J connectivity index is 1.58. The molecule has 118 valence electrons. The average Bonchev–Trinajstić information content (AvgIpc) is 3.09. The number of aromatic nitrogens is 2. The lowest BCUT2D eigenvalue weighted by molar-refractivity contribution is 0.300. The zero-order valence-electron chi connectivity index (χ0n) is 12.9. The minimum absolute atomic E-state index is 0.203. The molecule has 0 saturated carbocycles. The van der Waals surface area contributed by atoms with E-state index in [0.717, 1.165) is 22.2 Å². The van der Waals surface area contributed by atoms with Gasteiger partial charge >= 0.3 is 0 Å². The number of ether oxygens (including phenoxy) is 1. The van der Waals surface area contributed by atoms with Crippen LogP contribution in [0.2, 0.25) is 0 Å². The van der Waals surface area contributed by atoms with Crippen molar-refractivity contribution in [1.82, 2.24) is 9.97 Å². The van der Waals surface area contributed by atoms with Crippen molar-refractivity contribution < 1.29 is 9.13 Å². The van der Waals surface area contributed by atoms with E-state index >= 15 is 0 Å². The Kier molecular flexibility index (Phi) is 3.71. The van der Waals surface area contributed by atoms with Gasteiger partial charge in [0.15, 0.2) is 0 Å². The molecule has 4 heteroatoms. The summed E-state index contributed by atoms with van der Waals surface area (Å²) in [6.07, 6.45) is 1.68. The van der Waals surface area contributed by atoms with Crippen molar-refractivity contribution in [3.05, 3.63) is 84.4 Å². The van der Waals surface area contributed by atoms with Gasteiger partial charge in [0, 0.05) is 5.56 Å². The molecule has 0 amide bonds. The molecule has 0 fully saturated rings. The van der Waals surface area contributed by atoms with Crippen molar-refractivity contribution in [3.63, 3.8) is 0 Å². The van der Waals surface area contributed by atoms with E-state index in [2.05, 4.69) is 9.97 Å². The maximum absolute atomic E-state index is 13.7. The van der Waals surface area contributed by atoms with Crippen LogP contribution < -0.4 is 4.74 Å². The zero-order valence-corrected chi connectivity index (χ0v) is 12.9. The molecule has 24 heavy (non-hydrogen) atoms. The number of imidazole rings is 1. The summed E-state index contributed by atoms with van der Waals surface area (Å²) in [6.45, 7) is 0.203. The Labute approximate surface area is 138 Å². The van der Waals surface area contributed by atoms with Crippen LogP contribution in [0.5, 0.6) is 5.75 Å². The molecule has 0 spiro atoms. The van der Waals surface area contributed by atoms with E-state index in [1.165, 1.54) is 6.07 Å². The van der Waals surface area contributed by atoms with E-state index in [-0.39, 0.29) is 12.4 Å². The number of fused-ring (bicyclic) bond motifs is 1. The molecule has 1 heterocycles. The van der Waals surface area contributed by atoms with Crippen molar-refractivity contribution in [2.24, 2.45) is 0 Å². The molecule has 1 aromatic heterocycles. The summed E-state index contributed by atoms with van der Waals surface area (Å²) >= 11 is 0. The van der Waals surface area contributed by atoms with Gasteiger partial charge in [-0.15, -0.1) is 0 Å². The van der Waals surface area contributed by atoms with Crippen LogP contribution in [-0.2, 0) is 6.61 Å². The Hall–Kier alpha value is -3.14. The number of rotatable bonds is 4. The second-order valence-electron chi connectivity index (χ2n) is 5.54. The van der Waals surface area contributed by atoms with Crippen molar-refractivity contribution in [2.45, 2.75) is 6.61 Å². The monoisotopic (exact) mass is 318 g/mol. The van der Waals surface area contributed by atoms with E-state index < -0.39 is 0 Å². The lowest BCUT2D eigenvalue weighted by Crippen LogP contribution is -1.98. The molecular formula is C20H15FN2O. The fourth-order valence-corrected chi connectivity index (χ4v) is 2.65. The molecule has 4 aromatic rings. The first-order chi connectivity index (χ1) is 11.8. The van der Waals surface area contributed by atoms with Crippen molar-refractivity contribution in [3.8, 4) is 16.9 Å². The van der Waals surface area contributed by atoms with E-state index in [9.17, 15) is 4.39 Å². The molecule has 0 aliphatic heterocycles. The van der Waals surface area contributed by atoms with E-state index in [4.69, 9.17) is 4.74 Å². The highest BCUT2D eigenvalue weighted by Crippen LogP contribution is 2.26. The maximum atomic E-state index is 13.7. The van der Waals surface area contributed by atoms with Crippen LogP contribution in [0, 0.1) is 5.82 Å². The van der Waals surface area contributed by atoms with Crippen LogP contribution in [0.1, 0.15) is 5.56 Å². The molecule has 0 radical (unpaired) electrons. The first-order valence-corrected chi connectivity index (χ1v) is 7.69. The maximum Gasteiger partial charge on any atom is 0.129 e. The average molecular weight is 318 g/mol. The van der Waals surface area contributed by atoms with Crippen LogP contribution in [0.3, 0.4) is 0 Å². The number of nitrogens with one attached hydrogen (secondary N) is 1. The standard InChI is InChI=1S/C20H15FN2O/c21-18-7-2-1-4-16(18)12-24-17-6-3-5-14(10-17)15-8-9-19-20(11-15)23-13-22-19/h1-11,13H,12H2,(H,22,23). The third-order valence-electron chi connectivity index (χ3n) is 3.94. The summed E-state index contributed by atoms with van der Waals surface area (Å²) in [4.78, 5) is 7.37. The SMILES string of the molecule is Fc1ccccc1COc1cccc(-c2ccc3[nH]cnc3c2)c1. The first-order valence-electron chi connectivity index (χ1n) is 7.69. The molecule has 0 saturated heterocycles. The van der Waals surface area contributed by atoms with Crippen molar-refractivity contribution in [2.75, 3.05) is 0 Å². The third-order valence-corrected chi connectivity index (χ3v) is 3.94. The number of H-pyrrole nitrogens is 1. The van der Waals surface area contributed by atoms with Gasteiger partial charge in [-0.1, -0.05) is 36.4 Å².